The first-order chi connectivity index (χ1) is 15.3. The summed E-state index contributed by atoms with van der Waals surface area (Å²) in [4.78, 5) is 66.7. The molecule has 32 heavy (non-hydrogen) atoms. The molecule has 0 spiro atoms. The first kappa shape index (κ1) is 21.8. The number of anilines is 1. The quantitative estimate of drug-likeness (QED) is 0.188. The number of aromatic amines is 1. The number of Topliss-reactive ketones (excluding diaryl/α,β-unsaturated/α-hetero) is 1. The van der Waals surface area contributed by atoms with E-state index in [4.69, 9.17) is 5.26 Å². The van der Waals surface area contributed by atoms with Crippen LogP contribution in [-0.4, -0.2) is 39.7 Å². The van der Waals surface area contributed by atoms with Crippen LogP contribution in [0.15, 0.2) is 47.3 Å². The maximum absolute atomic E-state index is 12.8. The van der Waals surface area contributed by atoms with Crippen LogP contribution in [0.25, 0.3) is 11.0 Å². The number of ketones is 1. The third kappa shape index (κ3) is 4.17. The summed E-state index contributed by atoms with van der Waals surface area (Å²) < 4.78 is 4.58. The van der Waals surface area contributed by atoms with E-state index < -0.39 is 39.8 Å². The van der Waals surface area contributed by atoms with Crippen LogP contribution in [0.2, 0.25) is 0 Å². The molecule has 2 N–H and O–H groups in total. The second-order valence-corrected chi connectivity index (χ2v) is 6.34. The lowest BCUT2D eigenvalue weighted by atomic mass is 9.99. The molecule has 0 bridgehead atoms. The Balaban J connectivity index is 2.03. The standard InChI is InChI=1S/C20H13N5O7/c1-32-20(29)15(17(26)19(28)23-12-5-3-2-4-10(12)9-21)16-18(27)24-14-8-11(25(30)31)6-7-13(14)22-16/h2-8,15H,1H3,(H,23,28)(H,24,27)/t15-/m0/s1. The molecule has 0 aliphatic carbocycles. The van der Waals surface area contributed by atoms with Gasteiger partial charge in [-0.3, -0.25) is 29.3 Å². The molecule has 12 nitrogen and oxygen atoms in total. The highest BCUT2D eigenvalue weighted by Crippen LogP contribution is 2.21. The number of nitrogens with zero attached hydrogens (tertiary/aromatic N) is 3. The number of H-pyrrole nitrogens is 1. The molecule has 1 aromatic heterocycles. The molecule has 2 aromatic carbocycles. The number of carbonyl (C=O) groups is 3. The maximum atomic E-state index is 12.8. The average molecular weight is 435 g/mol. The number of nitriles is 1. The molecule has 0 saturated heterocycles. The smallest absolute Gasteiger partial charge is 0.323 e. The molecule has 0 saturated carbocycles. The molecule has 1 amide bonds. The summed E-state index contributed by atoms with van der Waals surface area (Å²) in [6, 6.07) is 11.1. The number of hydrogen-bond acceptors (Lipinski definition) is 9. The number of rotatable bonds is 6. The number of nitro benzene ring substituents is 1. The molecule has 1 heterocycles. The fraction of sp³-hybridized carbons (Fsp3) is 0.100. The zero-order valence-electron chi connectivity index (χ0n) is 16.3. The minimum atomic E-state index is -2.00. The Morgan fingerprint density at radius 1 is 1.25 bits per heavy atom. The summed E-state index contributed by atoms with van der Waals surface area (Å²) in [7, 11) is 0.962. The third-order valence-corrected chi connectivity index (χ3v) is 4.40. The Morgan fingerprint density at radius 3 is 2.62 bits per heavy atom. The Labute approximate surface area is 178 Å². The predicted molar refractivity (Wildman–Crippen MR) is 109 cm³/mol. The highest BCUT2D eigenvalue weighted by Gasteiger charge is 2.38. The number of nitrogens with one attached hydrogen (secondary N) is 2. The number of amides is 1. The number of para-hydroxylation sites is 1. The molecule has 160 valence electrons. The van der Waals surface area contributed by atoms with Gasteiger partial charge in [0, 0.05) is 12.1 Å². The second-order valence-electron chi connectivity index (χ2n) is 6.34. The normalized spacial score (nSPS) is 11.2. The zero-order valence-corrected chi connectivity index (χ0v) is 16.3. The van der Waals surface area contributed by atoms with Gasteiger partial charge in [0.25, 0.3) is 17.2 Å². The molecule has 0 aliphatic heterocycles. The second kappa shape index (κ2) is 8.84. The molecule has 0 radical (unpaired) electrons. The number of non-ortho nitro benzene ring substituents is 1. The van der Waals surface area contributed by atoms with Gasteiger partial charge in [-0.25, -0.2) is 4.98 Å². The van der Waals surface area contributed by atoms with Crippen LogP contribution in [0.1, 0.15) is 17.2 Å². The van der Waals surface area contributed by atoms with Gasteiger partial charge in [0.1, 0.15) is 11.8 Å². The van der Waals surface area contributed by atoms with Crippen molar-refractivity contribution in [1.82, 2.24) is 9.97 Å². The van der Waals surface area contributed by atoms with Crippen LogP contribution in [-0.2, 0) is 19.1 Å². The summed E-state index contributed by atoms with van der Waals surface area (Å²) in [6.07, 6.45) is 0. The number of benzene rings is 2. The van der Waals surface area contributed by atoms with Gasteiger partial charge in [-0.05, 0) is 18.2 Å². The Kier molecular flexibility index (Phi) is 6.02. The van der Waals surface area contributed by atoms with Crippen molar-refractivity contribution in [1.29, 1.82) is 5.26 Å². The maximum Gasteiger partial charge on any atom is 0.323 e. The lowest BCUT2D eigenvalue weighted by Gasteiger charge is -2.13. The largest absolute Gasteiger partial charge is 0.468 e. The van der Waals surface area contributed by atoms with Crippen LogP contribution in [0, 0.1) is 21.4 Å². The number of methoxy groups -OCH3 is 1. The summed E-state index contributed by atoms with van der Waals surface area (Å²) >= 11 is 0. The van der Waals surface area contributed by atoms with Crippen molar-refractivity contribution >= 4 is 40.1 Å². The van der Waals surface area contributed by atoms with E-state index >= 15 is 0 Å². The van der Waals surface area contributed by atoms with Crippen LogP contribution < -0.4 is 10.9 Å². The molecule has 0 aliphatic rings. The predicted octanol–water partition coefficient (Wildman–Crippen LogP) is 1.17. The number of nitro groups is 1. The molecular formula is C20H13N5O7. The lowest BCUT2D eigenvalue weighted by Crippen LogP contribution is -2.37. The van der Waals surface area contributed by atoms with Crippen molar-refractivity contribution in [3.05, 3.63) is 74.2 Å². The van der Waals surface area contributed by atoms with Crippen LogP contribution in [0.5, 0.6) is 0 Å². The average Bonchev–Trinajstić information content (AvgIpc) is 2.79. The van der Waals surface area contributed by atoms with E-state index in [0.29, 0.717) is 0 Å². The van der Waals surface area contributed by atoms with Gasteiger partial charge >= 0.3 is 5.97 Å². The molecule has 3 aromatic rings. The zero-order chi connectivity index (χ0) is 23.4. The fourth-order valence-electron chi connectivity index (χ4n) is 2.86. The molecule has 12 heteroatoms. The number of hydrogen-bond donors (Lipinski definition) is 2. The van der Waals surface area contributed by atoms with E-state index in [1.807, 2.05) is 6.07 Å². The third-order valence-electron chi connectivity index (χ3n) is 4.40. The molecule has 1 atom stereocenters. The number of ether oxygens (including phenoxy) is 1. The Morgan fingerprint density at radius 2 is 1.97 bits per heavy atom. The summed E-state index contributed by atoms with van der Waals surface area (Å²) in [5.74, 6) is -5.83. The van der Waals surface area contributed by atoms with Gasteiger partial charge < -0.3 is 15.0 Å². The molecule has 3 rings (SSSR count). The minimum absolute atomic E-state index is 0.00332. The van der Waals surface area contributed by atoms with Crippen molar-refractivity contribution in [2.75, 3.05) is 12.4 Å². The van der Waals surface area contributed by atoms with Gasteiger partial charge in [-0.1, -0.05) is 12.1 Å². The summed E-state index contributed by atoms with van der Waals surface area (Å²) in [5.41, 5.74) is -1.78. The monoisotopic (exact) mass is 435 g/mol. The van der Waals surface area contributed by atoms with E-state index in [1.165, 1.54) is 24.3 Å². The van der Waals surface area contributed by atoms with Crippen molar-refractivity contribution in [3.8, 4) is 6.07 Å². The molecule has 0 fully saturated rings. The van der Waals surface area contributed by atoms with Crippen LogP contribution >= 0.6 is 0 Å². The Bertz CT molecular complexity index is 1370. The summed E-state index contributed by atoms with van der Waals surface area (Å²) in [5, 5.41) is 22.3. The van der Waals surface area contributed by atoms with Gasteiger partial charge in [0.15, 0.2) is 5.92 Å². The van der Waals surface area contributed by atoms with Crippen molar-refractivity contribution in [3.63, 3.8) is 0 Å². The van der Waals surface area contributed by atoms with Crippen molar-refractivity contribution in [2.24, 2.45) is 0 Å². The SMILES string of the molecule is COC(=O)[C@H](C(=O)C(=O)Nc1ccccc1C#N)c1nc2ccc([N+](=O)[O-])cc2[nH]c1=O. The number of carbonyl (C=O) groups excluding carboxylic acids is 3. The van der Waals surface area contributed by atoms with E-state index in [9.17, 15) is 29.3 Å². The van der Waals surface area contributed by atoms with Gasteiger partial charge in [-0.15, -0.1) is 0 Å². The number of fused-ring (bicyclic) bond motifs is 1. The number of aromatic nitrogens is 2. The molecule has 0 unspecified atom stereocenters. The van der Waals surface area contributed by atoms with E-state index in [0.717, 1.165) is 19.2 Å². The van der Waals surface area contributed by atoms with Gasteiger partial charge in [0.2, 0.25) is 5.78 Å². The Hall–Kier alpha value is -4.92. The summed E-state index contributed by atoms with van der Waals surface area (Å²) in [6.45, 7) is 0. The first-order valence-corrected chi connectivity index (χ1v) is 8.87. The highest BCUT2D eigenvalue weighted by atomic mass is 16.6. The van der Waals surface area contributed by atoms with Crippen LogP contribution in [0.4, 0.5) is 11.4 Å². The lowest BCUT2D eigenvalue weighted by molar-refractivity contribution is -0.384. The first-order valence-electron chi connectivity index (χ1n) is 8.87. The molecular weight excluding hydrogens is 422 g/mol. The van der Waals surface area contributed by atoms with Gasteiger partial charge in [-0.2, -0.15) is 5.26 Å². The van der Waals surface area contributed by atoms with E-state index in [-0.39, 0.29) is 28.0 Å². The minimum Gasteiger partial charge on any atom is -0.468 e. The van der Waals surface area contributed by atoms with Crippen molar-refractivity contribution in [2.45, 2.75) is 5.92 Å². The van der Waals surface area contributed by atoms with Crippen molar-refractivity contribution < 1.29 is 24.0 Å². The van der Waals surface area contributed by atoms with E-state index in [1.54, 1.807) is 6.07 Å². The topological polar surface area (TPSA) is 185 Å². The van der Waals surface area contributed by atoms with Gasteiger partial charge in [0.05, 0.1) is 34.3 Å². The highest BCUT2D eigenvalue weighted by molar-refractivity contribution is 6.45. The van der Waals surface area contributed by atoms with Crippen LogP contribution in [0.3, 0.4) is 0 Å². The number of esters is 1. The van der Waals surface area contributed by atoms with E-state index in [2.05, 4.69) is 20.0 Å². The fourth-order valence-corrected chi connectivity index (χ4v) is 2.86.